The maximum Gasteiger partial charge on any atom is 0.245 e. The van der Waals surface area contributed by atoms with Crippen molar-refractivity contribution >= 4 is 70.8 Å². The second-order valence-electron chi connectivity index (χ2n) is 19.0. The van der Waals surface area contributed by atoms with Crippen molar-refractivity contribution in [3.8, 4) is 0 Å². The fraction of sp³-hybridized carbons (Fsp3) is 0.708. The van der Waals surface area contributed by atoms with Crippen molar-refractivity contribution in [2.75, 3.05) is 24.6 Å². The zero-order chi connectivity index (χ0) is 52.5. The summed E-state index contributed by atoms with van der Waals surface area (Å²) in [5.74, 6) is -4.95. The Bertz CT molecular complexity index is 1860. The number of hydrogen-bond donors (Lipinski definition) is 12. The van der Waals surface area contributed by atoms with Gasteiger partial charge >= 0.3 is 0 Å². The van der Waals surface area contributed by atoms with E-state index in [1.165, 1.54) is 30.4 Å². The highest BCUT2D eigenvalue weighted by Crippen LogP contribution is 2.23. The van der Waals surface area contributed by atoms with Crippen LogP contribution in [0.15, 0.2) is 24.3 Å². The topological polar surface area (TPSA) is 345 Å². The molecular formula is C48H83N11O9S2. The van der Waals surface area contributed by atoms with Crippen LogP contribution < -0.4 is 60.2 Å². The van der Waals surface area contributed by atoms with Crippen LogP contribution in [0.4, 0.5) is 0 Å². The van der Waals surface area contributed by atoms with Gasteiger partial charge in [-0.1, -0.05) is 72.2 Å². The van der Waals surface area contributed by atoms with E-state index in [2.05, 4.69) is 37.2 Å². The third kappa shape index (κ3) is 21.9. The Hall–Kier alpha value is -4.48. The molecule has 0 saturated heterocycles. The molecule has 0 unspecified atom stereocenters. The first-order chi connectivity index (χ1) is 33.1. The van der Waals surface area contributed by atoms with Crippen LogP contribution >= 0.6 is 23.5 Å². The van der Waals surface area contributed by atoms with Gasteiger partial charge in [0.25, 0.3) is 0 Å². The van der Waals surface area contributed by atoms with Gasteiger partial charge in [0.15, 0.2) is 0 Å². The highest BCUT2D eigenvalue weighted by atomic mass is 32.2. The molecule has 16 N–H and O–H groups in total. The minimum atomic E-state index is -1.45. The molecule has 0 spiro atoms. The molecule has 1 aliphatic rings. The minimum Gasteiger partial charge on any atom is -0.391 e. The molecular weight excluding hydrogens is 939 g/mol. The summed E-state index contributed by atoms with van der Waals surface area (Å²) in [6.07, 6.45) is 1.69. The number of aliphatic hydroxyl groups excluding tert-OH is 1. The summed E-state index contributed by atoms with van der Waals surface area (Å²) in [4.78, 5) is 110. The molecule has 0 aliphatic carbocycles. The van der Waals surface area contributed by atoms with E-state index in [-0.39, 0.29) is 54.9 Å². The number of unbranched alkanes of at least 4 members (excludes halogenated alkanes) is 2. The third-order valence-corrected chi connectivity index (χ3v) is 14.1. The molecule has 0 aromatic heterocycles. The first kappa shape index (κ1) is 61.6. The van der Waals surface area contributed by atoms with Gasteiger partial charge in [0.05, 0.1) is 12.1 Å². The lowest BCUT2D eigenvalue weighted by Gasteiger charge is -2.29. The molecule has 2 rings (SSSR count). The third-order valence-electron chi connectivity index (χ3n) is 11.9. The largest absolute Gasteiger partial charge is 0.391 e. The van der Waals surface area contributed by atoms with Crippen LogP contribution in [0, 0.1) is 17.8 Å². The van der Waals surface area contributed by atoms with Gasteiger partial charge in [-0.3, -0.25) is 38.4 Å². The van der Waals surface area contributed by atoms with Crippen LogP contribution in [0.3, 0.4) is 0 Å². The standard InChI is InChI=1S/C48H83N11O9S2/c1-8-29(6)39(41(52)61)58-46(66)37(22-28(4)5)55-43(63)34(17-11-13-19-49)54-47(67)38-26-70-24-32-16-10-9-15-31(32)23-69-25-33(51)42(62)59-40(30(7)60)48(68)56-36(21-27(2)3)45(65)53-35(44(64)57-38)18-12-14-20-50/h9-10,15-16,27-30,33-40,60H,8,11-14,17-26,49-51H2,1-7H3,(H2,52,61)(H,53,65)(H,54,67)(H,55,63)(H,56,68)(H,57,64)(H,58,66)(H,59,62)/t29-,30+,33-,34-,35-,36-,37-,38-,39-,40-/m0/s1. The predicted octanol–water partition coefficient (Wildman–Crippen LogP) is 0.150. The summed E-state index contributed by atoms with van der Waals surface area (Å²) in [6.45, 7) is 13.0. The quantitative estimate of drug-likeness (QED) is 0.0689. The molecule has 396 valence electrons. The lowest BCUT2D eigenvalue weighted by atomic mass is 9.97. The molecule has 0 bridgehead atoms. The lowest BCUT2D eigenvalue weighted by molar-refractivity contribution is -0.136. The second kappa shape index (κ2) is 32.5. The van der Waals surface area contributed by atoms with E-state index in [0.29, 0.717) is 56.7 Å². The van der Waals surface area contributed by atoms with Crippen LogP contribution in [0.5, 0.6) is 0 Å². The van der Waals surface area contributed by atoms with Crippen LogP contribution in [0.2, 0.25) is 0 Å². The Morgan fingerprint density at radius 3 is 1.84 bits per heavy atom. The number of amides is 8. The molecule has 1 aromatic carbocycles. The Morgan fingerprint density at radius 2 is 1.29 bits per heavy atom. The van der Waals surface area contributed by atoms with Crippen LogP contribution in [-0.2, 0) is 49.9 Å². The summed E-state index contributed by atoms with van der Waals surface area (Å²) >= 11 is 2.75. The van der Waals surface area contributed by atoms with Crippen LogP contribution in [-0.4, -0.2) is 131 Å². The van der Waals surface area contributed by atoms with Gasteiger partial charge in [-0.25, -0.2) is 0 Å². The molecule has 1 aliphatic heterocycles. The SMILES string of the molecule is CC[C@H](C)[C@H](NC(=O)[C@H](CC(C)C)NC(=O)[C@H](CCCCN)NC(=O)[C@@H]1CSCc2ccccc2CSC[C@H](N)C(=O)N[C@@H]([C@@H](C)O)C(=O)N[C@@H](CC(C)C)C(=O)N[C@@H](CCCCN)C(=O)N1)C(N)=O. The van der Waals surface area contributed by atoms with E-state index in [9.17, 15) is 43.5 Å². The smallest absolute Gasteiger partial charge is 0.245 e. The Morgan fingerprint density at radius 1 is 0.714 bits per heavy atom. The summed E-state index contributed by atoms with van der Waals surface area (Å²) in [5.41, 5.74) is 25.4. The molecule has 70 heavy (non-hydrogen) atoms. The number of thioether (sulfide) groups is 2. The fourth-order valence-corrected chi connectivity index (χ4v) is 9.72. The number of carbonyl (C=O) groups excluding carboxylic acids is 8. The molecule has 22 heteroatoms. The van der Waals surface area contributed by atoms with Gasteiger partial charge in [0.2, 0.25) is 47.3 Å². The van der Waals surface area contributed by atoms with Gasteiger partial charge in [-0.15, -0.1) is 0 Å². The molecule has 1 aromatic rings. The van der Waals surface area contributed by atoms with Crippen molar-refractivity contribution in [3.63, 3.8) is 0 Å². The summed E-state index contributed by atoms with van der Waals surface area (Å²) < 4.78 is 0. The first-order valence-corrected chi connectivity index (χ1v) is 26.9. The Kier molecular flexibility index (Phi) is 28.6. The number of hydrogen-bond acceptors (Lipinski definition) is 14. The Balaban J connectivity index is 2.64. The van der Waals surface area contributed by atoms with Crippen molar-refractivity contribution in [1.82, 2.24) is 37.2 Å². The van der Waals surface area contributed by atoms with Gasteiger partial charge in [-0.05, 0) is 100 Å². The minimum absolute atomic E-state index is 0.0277. The number of nitrogens with one attached hydrogen (secondary N) is 7. The highest BCUT2D eigenvalue weighted by Gasteiger charge is 2.36. The molecule has 10 atom stereocenters. The Labute approximate surface area is 422 Å². The summed E-state index contributed by atoms with van der Waals surface area (Å²) in [5, 5.41) is 29.8. The number of carbonyl (C=O) groups is 8. The van der Waals surface area contributed by atoms with Crippen LogP contribution in [0.25, 0.3) is 0 Å². The van der Waals surface area contributed by atoms with Crippen molar-refractivity contribution in [1.29, 1.82) is 0 Å². The van der Waals surface area contributed by atoms with E-state index in [1.54, 1.807) is 6.92 Å². The van der Waals surface area contributed by atoms with E-state index in [1.807, 2.05) is 58.9 Å². The van der Waals surface area contributed by atoms with E-state index in [0.717, 1.165) is 11.1 Å². The van der Waals surface area contributed by atoms with Crippen molar-refractivity contribution in [2.45, 2.75) is 172 Å². The van der Waals surface area contributed by atoms with Gasteiger partial charge in [0, 0.05) is 23.0 Å². The first-order valence-electron chi connectivity index (χ1n) is 24.6. The molecule has 8 amide bonds. The highest BCUT2D eigenvalue weighted by molar-refractivity contribution is 7.98. The van der Waals surface area contributed by atoms with Gasteiger partial charge < -0.3 is 65.3 Å². The number of aliphatic hydroxyl groups is 1. The molecule has 0 fully saturated rings. The number of primary amides is 1. The summed E-state index contributed by atoms with van der Waals surface area (Å²) in [7, 11) is 0. The number of nitrogens with two attached hydrogens (primary N) is 4. The number of rotatable bonds is 22. The predicted molar refractivity (Wildman–Crippen MR) is 275 cm³/mol. The maximum absolute atomic E-state index is 14.6. The van der Waals surface area contributed by atoms with E-state index in [4.69, 9.17) is 22.9 Å². The van der Waals surface area contributed by atoms with E-state index < -0.39 is 102 Å². The molecule has 1 heterocycles. The number of fused-ring (bicyclic) bond motifs is 1. The number of benzene rings is 1. The average Bonchev–Trinajstić information content (AvgIpc) is 3.29. The second-order valence-corrected chi connectivity index (χ2v) is 21.1. The average molecular weight is 1020 g/mol. The molecule has 0 saturated carbocycles. The van der Waals surface area contributed by atoms with Crippen molar-refractivity contribution in [2.24, 2.45) is 40.7 Å². The van der Waals surface area contributed by atoms with Crippen molar-refractivity contribution in [3.05, 3.63) is 35.4 Å². The van der Waals surface area contributed by atoms with Crippen molar-refractivity contribution < 1.29 is 43.5 Å². The zero-order valence-corrected chi connectivity index (χ0v) is 43.8. The van der Waals surface area contributed by atoms with Gasteiger partial charge in [0.1, 0.15) is 42.3 Å². The monoisotopic (exact) mass is 1020 g/mol. The lowest BCUT2D eigenvalue weighted by Crippen LogP contribution is -2.61. The molecule has 0 radical (unpaired) electrons. The normalized spacial score (nSPS) is 22.3. The summed E-state index contributed by atoms with van der Waals surface area (Å²) in [6, 6.07) is -1.78. The molecule has 20 nitrogen and oxygen atoms in total. The van der Waals surface area contributed by atoms with E-state index >= 15 is 0 Å². The van der Waals surface area contributed by atoms with Crippen LogP contribution in [0.1, 0.15) is 117 Å². The zero-order valence-electron chi connectivity index (χ0n) is 42.2. The maximum atomic E-state index is 14.6. The van der Waals surface area contributed by atoms with Gasteiger partial charge in [-0.2, -0.15) is 23.5 Å². The fourth-order valence-electron chi connectivity index (χ4n) is 7.61.